The van der Waals surface area contributed by atoms with Gasteiger partial charge in [-0.3, -0.25) is 4.79 Å². The summed E-state index contributed by atoms with van der Waals surface area (Å²) in [6, 6.07) is 6.96. The topological polar surface area (TPSA) is 94.5 Å². The van der Waals surface area contributed by atoms with Crippen LogP contribution in [-0.4, -0.2) is 15.0 Å². The van der Waals surface area contributed by atoms with Crippen molar-refractivity contribution >= 4 is 5.82 Å². The highest BCUT2D eigenvalue weighted by Gasteiger charge is 2.22. The third kappa shape index (κ3) is 2.92. The summed E-state index contributed by atoms with van der Waals surface area (Å²) < 4.78 is 0. The van der Waals surface area contributed by atoms with Crippen LogP contribution in [0.5, 0.6) is 0 Å². The first kappa shape index (κ1) is 13.3. The van der Waals surface area contributed by atoms with E-state index >= 15 is 0 Å². The van der Waals surface area contributed by atoms with Gasteiger partial charge in [0.25, 0.3) is 5.56 Å². The fourth-order valence-corrected chi connectivity index (χ4v) is 2.30. The Kier molecular flexibility index (Phi) is 3.65. The van der Waals surface area contributed by atoms with Crippen molar-refractivity contribution in [2.75, 3.05) is 5.32 Å². The zero-order chi connectivity index (χ0) is 14.7. The zero-order valence-corrected chi connectivity index (χ0v) is 11.5. The van der Waals surface area contributed by atoms with E-state index in [2.05, 4.69) is 26.3 Å². The number of aromatic nitrogens is 3. The van der Waals surface area contributed by atoms with Gasteiger partial charge < -0.3 is 10.3 Å². The second-order valence-corrected chi connectivity index (χ2v) is 5.11. The molecule has 3 rings (SSSR count). The average molecular weight is 281 g/mol. The predicted octanol–water partition coefficient (Wildman–Crippen LogP) is 1.92. The molecule has 0 unspecified atom stereocenters. The Morgan fingerprint density at radius 3 is 3.05 bits per heavy atom. The smallest absolute Gasteiger partial charge is 0.251 e. The number of nitrogens with zero attached hydrogens (tertiary/aromatic N) is 3. The number of pyridine rings is 1. The highest BCUT2D eigenvalue weighted by Crippen LogP contribution is 2.33. The van der Waals surface area contributed by atoms with Crippen molar-refractivity contribution in [3.8, 4) is 6.07 Å². The van der Waals surface area contributed by atoms with Crippen molar-refractivity contribution in [1.29, 1.82) is 5.26 Å². The minimum Gasteiger partial charge on any atom is -0.363 e. The molecule has 0 saturated heterocycles. The Hall–Kier alpha value is -2.68. The molecular formula is C15H15N5O. The lowest BCUT2D eigenvalue weighted by atomic mass is 9.85. The van der Waals surface area contributed by atoms with E-state index in [1.807, 2.05) is 0 Å². The van der Waals surface area contributed by atoms with E-state index in [1.54, 1.807) is 18.3 Å². The van der Waals surface area contributed by atoms with Gasteiger partial charge in [-0.2, -0.15) is 5.26 Å². The van der Waals surface area contributed by atoms with Gasteiger partial charge in [-0.15, -0.1) is 0 Å². The molecule has 0 bridgehead atoms. The van der Waals surface area contributed by atoms with Crippen LogP contribution in [0.3, 0.4) is 0 Å². The quantitative estimate of drug-likeness (QED) is 0.892. The van der Waals surface area contributed by atoms with Crippen LogP contribution >= 0.6 is 0 Å². The Bertz CT molecular complexity index is 742. The summed E-state index contributed by atoms with van der Waals surface area (Å²) in [6.45, 7) is 0.370. The predicted molar refractivity (Wildman–Crippen MR) is 77.7 cm³/mol. The van der Waals surface area contributed by atoms with Crippen molar-refractivity contribution < 1.29 is 0 Å². The van der Waals surface area contributed by atoms with Crippen molar-refractivity contribution in [2.24, 2.45) is 0 Å². The molecule has 6 heteroatoms. The summed E-state index contributed by atoms with van der Waals surface area (Å²) in [5.41, 5.74) is 1.00. The first-order valence-electron chi connectivity index (χ1n) is 6.95. The van der Waals surface area contributed by atoms with Gasteiger partial charge in [-0.1, -0.05) is 6.42 Å². The lowest BCUT2D eigenvalue weighted by Crippen LogP contribution is -2.20. The van der Waals surface area contributed by atoms with Crippen molar-refractivity contribution in [3.05, 3.63) is 51.8 Å². The molecule has 1 saturated carbocycles. The molecule has 1 aliphatic rings. The molecule has 1 aliphatic carbocycles. The molecule has 2 aromatic rings. The largest absolute Gasteiger partial charge is 0.363 e. The number of hydrogen-bond acceptors (Lipinski definition) is 5. The van der Waals surface area contributed by atoms with Crippen molar-refractivity contribution in [3.63, 3.8) is 0 Å². The fourth-order valence-electron chi connectivity index (χ4n) is 2.30. The second-order valence-electron chi connectivity index (χ2n) is 5.11. The van der Waals surface area contributed by atoms with Crippen molar-refractivity contribution in [2.45, 2.75) is 31.7 Å². The summed E-state index contributed by atoms with van der Waals surface area (Å²) >= 11 is 0. The van der Waals surface area contributed by atoms with Crippen LogP contribution in [0.1, 0.15) is 42.3 Å². The Morgan fingerprint density at radius 2 is 2.33 bits per heavy atom. The molecule has 0 atom stereocenters. The van der Waals surface area contributed by atoms with Gasteiger partial charge in [-0.05, 0) is 25.0 Å². The van der Waals surface area contributed by atoms with Crippen LogP contribution in [0.25, 0.3) is 0 Å². The fraction of sp³-hybridized carbons (Fsp3) is 0.333. The van der Waals surface area contributed by atoms with Crippen LogP contribution in [0.2, 0.25) is 0 Å². The van der Waals surface area contributed by atoms with Gasteiger partial charge in [0.2, 0.25) is 0 Å². The molecule has 2 N–H and O–H groups in total. The number of rotatable bonds is 4. The highest BCUT2D eigenvalue weighted by molar-refractivity contribution is 5.51. The van der Waals surface area contributed by atoms with E-state index in [9.17, 15) is 4.79 Å². The van der Waals surface area contributed by atoms with Gasteiger partial charge >= 0.3 is 0 Å². The van der Waals surface area contributed by atoms with Crippen LogP contribution in [0, 0.1) is 11.3 Å². The third-order valence-corrected chi connectivity index (χ3v) is 3.67. The van der Waals surface area contributed by atoms with Crippen LogP contribution in [0.15, 0.2) is 29.2 Å². The first-order valence-corrected chi connectivity index (χ1v) is 6.95. The lowest BCUT2D eigenvalue weighted by molar-refractivity contribution is 0.399. The summed E-state index contributed by atoms with van der Waals surface area (Å²) in [6.07, 6.45) is 4.97. The Balaban J connectivity index is 1.77. The standard InChI is InChI=1S/C15H15N5O/c16-8-11-5-2-6-17-14(11)18-9-12-7-13(21)20-15(19-12)10-3-1-4-10/h2,5-7,10H,1,3-4,9H2,(H,17,18)(H,19,20,21). The number of H-pyrrole nitrogens is 1. The van der Waals surface area contributed by atoms with E-state index in [1.165, 1.54) is 12.5 Å². The molecule has 6 nitrogen and oxygen atoms in total. The van der Waals surface area contributed by atoms with Gasteiger partial charge in [0.05, 0.1) is 17.8 Å². The lowest BCUT2D eigenvalue weighted by Gasteiger charge is -2.24. The highest BCUT2D eigenvalue weighted by atomic mass is 16.1. The van der Waals surface area contributed by atoms with E-state index < -0.39 is 0 Å². The van der Waals surface area contributed by atoms with Gasteiger partial charge in [0.15, 0.2) is 0 Å². The van der Waals surface area contributed by atoms with E-state index in [-0.39, 0.29) is 5.56 Å². The molecule has 2 aromatic heterocycles. The van der Waals surface area contributed by atoms with Gasteiger partial charge in [0, 0.05) is 18.2 Å². The van der Waals surface area contributed by atoms with Crippen LogP contribution in [-0.2, 0) is 6.54 Å². The number of anilines is 1. The molecular weight excluding hydrogens is 266 g/mol. The Labute approximate surface area is 121 Å². The maximum Gasteiger partial charge on any atom is 0.251 e. The molecule has 0 aliphatic heterocycles. The van der Waals surface area contributed by atoms with E-state index in [0.717, 1.165) is 18.7 Å². The Morgan fingerprint density at radius 1 is 1.48 bits per heavy atom. The van der Waals surface area contributed by atoms with Crippen LogP contribution < -0.4 is 10.9 Å². The minimum absolute atomic E-state index is 0.134. The normalized spacial score (nSPS) is 14.2. The molecule has 1 fully saturated rings. The van der Waals surface area contributed by atoms with Crippen molar-refractivity contribution in [1.82, 2.24) is 15.0 Å². The average Bonchev–Trinajstić information content (AvgIpc) is 2.43. The summed E-state index contributed by atoms with van der Waals surface area (Å²) in [5, 5.41) is 12.1. The van der Waals surface area contributed by atoms with Gasteiger partial charge in [-0.25, -0.2) is 9.97 Å². The zero-order valence-electron chi connectivity index (χ0n) is 11.5. The number of nitriles is 1. The van der Waals surface area contributed by atoms with E-state index in [0.29, 0.717) is 29.5 Å². The van der Waals surface area contributed by atoms with Gasteiger partial charge in [0.1, 0.15) is 17.7 Å². The SMILES string of the molecule is N#Cc1cccnc1NCc1cc(=O)[nH]c(C2CCC2)n1. The number of nitrogens with one attached hydrogen (secondary N) is 2. The minimum atomic E-state index is -0.134. The summed E-state index contributed by atoms with van der Waals surface area (Å²) in [4.78, 5) is 23.1. The first-order chi connectivity index (χ1) is 10.3. The van der Waals surface area contributed by atoms with E-state index in [4.69, 9.17) is 5.26 Å². The monoisotopic (exact) mass is 281 g/mol. The third-order valence-electron chi connectivity index (χ3n) is 3.67. The number of aromatic amines is 1. The summed E-state index contributed by atoms with van der Waals surface area (Å²) in [5.74, 6) is 1.65. The maximum atomic E-state index is 11.7. The molecule has 0 amide bonds. The maximum absolute atomic E-state index is 11.7. The molecule has 2 heterocycles. The number of hydrogen-bond donors (Lipinski definition) is 2. The molecule has 0 spiro atoms. The molecule has 0 radical (unpaired) electrons. The second kappa shape index (κ2) is 5.75. The molecule has 106 valence electrons. The summed E-state index contributed by atoms with van der Waals surface area (Å²) in [7, 11) is 0. The van der Waals surface area contributed by atoms with Crippen LogP contribution in [0.4, 0.5) is 5.82 Å². The molecule has 21 heavy (non-hydrogen) atoms. The molecule has 0 aromatic carbocycles.